The van der Waals surface area contributed by atoms with Crippen molar-refractivity contribution in [2.24, 2.45) is 0 Å². The lowest BCUT2D eigenvalue weighted by molar-refractivity contribution is -0.139. The van der Waals surface area contributed by atoms with E-state index in [1.807, 2.05) is 37.3 Å². The van der Waals surface area contributed by atoms with Gasteiger partial charge in [0.15, 0.2) is 0 Å². The highest BCUT2D eigenvalue weighted by Crippen LogP contribution is 2.12. The van der Waals surface area contributed by atoms with Gasteiger partial charge in [-0.05, 0) is 26.0 Å². The first-order valence-corrected chi connectivity index (χ1v) is 5.64. The maximum absolute atomic E-state index is 11.1. The van der Waals surface area contributed by atoms with Gasteiger partial charge in [0.2, 0.25) is 0 Å². The van der Waals surface area contributed by atoms with Crippen molar-refractivity contribution in [1.82, 2.24) is 0 Å². The zero-order valence-electron chi connectivity index (χ0n) is 10.3. The predicted molar refractivity (Wildman–Crippen MR) is 66.9 cm³/mol. The van der Waals surface area contributed by atoms with Gasteiger partial charge in [0.25, 0.3) is 0 Å². The number of carbonyl (C=O) groups excluding carboxylic acids is 1. The second-order valence-corrected chi connectivity index (χ2v) is 3.95. The van der Waals surface area contributed by atoms with E-state index in [0.717, 1.165) is 5.75 Å². The van der Waals surface area contributed by atoms with Crippen LogP contribution in [0.2, 0.25) is 0 Å². The molecule has 0 saturated carbocycles. The Balaban J connectivity index is 2.24. The molecule has 0 amide bonds. The molecule has 1 aromatic carbocycles. The Labute approximate surface area is 102 Å². The normalized spacial score (nSPS) is 11.6. The first-order chi connectivity index (χ1) is 8.09. The van der Waals surface area contributed by atoms with Gasteiger partial charge in [-0.15, -0.1) is 0 Å². The highest BCUT2D eigenvalue weighted by Gasteiger charge is 2.07. The van der Waals surface area contributed by atoms with E-state index in [1.165, 1.54) is 0 Å². The molecule has 1 rings (SSSR count). The van der Waals surface area contributed by atoms with Gasteiger partial charge >= 0.3 is 5.97 Å². The van der Waals surface area contributed by atoms with Gasteiger partial charge in [0.05, 0.1) is 12.7 Å². The Morgan fingerprint density at radius 1 is 1.35 bits per heavy atom. The molecule has 0 aliphatic carbocycles. The molecule has 17 heavy (non-hydrogen) atoms. The number of ether oxygens (including phenoxy) is 2. The SMILES string of the molecule is C=C(C)C(=O)OCCC(C)Oc1ccccc1. The first-order valence-electron chi connectivity index (χ1n) is 5.64. The van der Waals surface area contributed by atoms with Crippen molar-refractivity contribution in [2.45, 2.75) is 26.4 Å². The van der Waals surface area contributed by atoms with Crippen LogP contribution in [0.5, 0.6) is 5.75 Å². The highest BCUT2D eigenvalue weighted by molar-refractivity contribution is 5.86. The van der Waals surface area contributed by atoms with Crippen LogP contribution in [0.25, 0.3) is 0 Å². The Morgan fingerprint density at radius 3 is 2.59 bits per heavy atom. The van der Waals surface area contributed by atoms with Gasteiger partial charge in [0, 0.05) is 12.0 Å². The number of carbonyl (C=O) groups is 1. The number of rotatable bonds is 6. The summed E-state index contributed by atoms with van der Waals surface area (Å²) in [5.74, 6) is 0.475. The van der Waals surface area contributed by atoms with Crippen molar-refractivity contribution in [3.8, 4) is 5.75 Å². The van der Waals surface area contributed by atoms with Gasteiger partial charge in [-0.25, -0.2) is 4.79 Å². The van der Waals surface area contributed by atoms with Crippen LogP contribution in [0, 0.1) is 0 Å². The van der Waals surface area contributed by atoms with Gasteiger partial charge in [-0.2, -0.15) is 0 Å². The van der Waals surface area contributed by atoms with E-state index >= 15 is 0 Å². The average molecular weight is 234 g/mol. The summed E-state index contributed by atoms with van der Waals surface area (Å²) in [6.07, 6.45) is 0.670. The second-order valence-electron chi connectivity index (χ2n) is 3.95. The molecule has 92 valence electrons. The summed E-state index contributed by atoms with van der Waals surface area (Å²) >= 11 is 0. The van der Waals surface area contributed by atoms with Crippen molar-refractivity contribution in [3.63, 3.8) is 0 Å². The molecule has 0 bridgehead atoms. The van der Waals surface area contributed by atoms with Crippen molar-refractivity contribution < 1.29 is 14.3 Å². The average Bonchev–Trinajstić information content (AvgIpc) is 2.30. The summed E-state index contributed by atoms with van der Waals surface area (Å²) in [5, 5.41) is 0. The van der Waals surface area contributed by atoms with Crippen LogP contribution in [0.1, 0.15) is 20.3 Å². The zero-order chi connectivity index (χ0) is 12.7. The smallest absolute Gasteiger partial charge is 0.333 e. The molecule has 1 aromatic rings. The Kier molecular flexibility index (Phi) is 5.27. The van der Waals surface area contributed by atoms with Gasteiger partial charge in [-0.1, -0.05) is 24.8 Å². The number of benzene rings is 1. The zero-order valence-corrected chi connectivity index (χ0v) is 10.3. The maximum Gasteiger partial charge on any atom is 0.333 e. The topological polar surface area (TPSA) is 35.5 Å². The fourth-order valence-electron chi connectivity index (χ4n) is 1.23. The van der Waals surface area contributed by atoms with Crippen molar-refractivity contribution in [3.05, 3.63) is 42.5 Å². The van der Waals surface area contributed by atoms with E-state index in [4.69, 9.17) is 9.47 Å². The first kappa shape index (κ1) is 13.3. The van der Waals surface area contributed by atoms with Crippen LogP contribution in [0.4, 0.5) is 0 Å². The van der Waals surface area contributed by atoms with Crippen LogP contribution in [0.15, 0.2) is 42.5 Å². The van der Waals surface area contributed by atoms with Crippen LogP contribution in [-0.4, -0.2) is 18.7 Å². The molecule has 0 heterocycles. The quantitative estimate of drug-likeness (QED) is 0.560. The summed E-state index contributed by atoms with van der Waals surface area (Å²) in [4.78, 5) is 11.1. The van der Waals surface area contributed by atoms with E-state index in [-0.39, 0.29) is 12.1 Å². The third-order valence-corrected chi connectivity index (χ3v) is 2.19. The largest absolute Gasteiger partial charge is 0.491 e. The van der Waals surface area contributed by atoms with Crippen LogP contribution < -0.4 is 4.74 Å². The Morgan fingerprint density at radius 2 is 2.00 bits per heavy atom. The molecule has 0 saturated heterocycles. The van der Waals surface area contributed by atoms with Crippen molar-refractivity contribution in [1.29, 1.82) is 0 Å². The fraction of sp³-hybridized carbons (Fsp3) is 0.357. The number of hydrogen-bond acceptors (Lipinski definition) is 3. The lowest BCUT2D eigenvalue weighted by Crippen LogP contribution is -2.16. The van der Waals surface area contributed by atoms with E-state index < -0.39 is 0 Å². The van der Waals surface area contributed by atoms with E-state index in [1.54, 1.807) is 6.92 Å². The third-order valence-electron chi connectivity index (χ3n) is 2.19. The van der Waals surface area contributed by atoms with Crippen LogP contribution >= 0.6 is 0 Å². The minimum atomic E-state index is -0.350. The molecule has 3 nitrogen and oxygen atoms in total. The fourth-order valence-corrected chi connectivity index (χ4v) is 1.23. The summed E-state index contributed by atoms with van der Waals surface area (Å²) in [6, 6.07) is 9.57. The molecule has 0 radical (unpaired) electrons. The Hall–Kier alpha value is -1.77. The van der Waals surface area contributed by atoms with Crippen molar-refractivity contribution in [2.75, 3.05) is 6.61 Å². The molecule has 0 aliphatic rings. The highest BCUT2D eigenvalue weighted by atomic mass is 16.5. The molecule has 0 N–H and O–H groups in total. The molecule has 0 aliphatic heterocycles. The third kappa shape index (κ3) is 5.20. The van der Waals surface area contributed by atoms with Crippen LogP contribution in [0.3, 0.4) is 0 Å². The standard InChI is InChI=1S/C14H18O3/c1-11(2)14(15)16-10-9-12(3)17-13-7-5-4-6-8-13/h4-8,12H,1,9-10H2,2-3H3. The lowest BCUT2D eigenvalue weighted by Gasteiger charge is -2.14. The molecular formula is C14H18O3. The summed E-state index contributed by atoms with van der Waals surface area (Å²) in [5.41, 5.74) is 0.418. The van der Waals surface area contributed by atoms with E-state index in [2.05, 4.69) is 6.58 Å². The van der Waals surface area contributed by atoms with E-state index in [0.29, 0.717) is 18.6 Å². The van der Waals surface area contributed by atoms with Gasteiger partial charge < -0.3 is 9.47 Å². The van der Waals surface area contributed by atoms with Gasteiger partial charge in [0.1, 0.15) is 5.75 Å². The van der Waals surface area contributed by atoms with E-state index in [9.17, 15) is 4.79 Å². The maximum atomic E-state index is 11.1. The van der Waals surface area contributed by atoms with Gasteiger partial charge in [-0.3, -0.25) is 0 Å². The molecule has 0 fully saturated rings. The molecule has 1 atom stereocenters. The van der Waals surface area contributed by atoms with Crippen LogP contribution in [-0.2, 0) is 9.53 Å². The molecular weight excluding hydrogens is 216 g/mol. The van der Waals surface area contributed by atoms with Crippen molar-refractivity contribution >= 4 is 5.97 Å². The number of para-hydroxylation sites is 1. The molecule has 1 unspecified atom stereocenters. The summed E-state index contributed by atoms with van der Waals surface area (Å²) in [6.45, 7) is 7.44. The lowest BCUT2D eigenvalue weighted by atomic mass is 10.3. The minimum absolute atomic E-state index is 0.00956. The monoisotopic (exact) mass is 234 g/mol. The Bertz CT molecular complexity index is 370. The number of hydrogen-bond donors (Lipinski definition) is 0. The number of esters is 1. The second kappa shape index (κ2) is 6.74. The summed E-state index contributed by atoms with van der Waals surface area (Å²) < 4.78 is 10.6. The predicted octanol–water partition coefficient (Wildman–Crippen LogP) is 2.96. The minimum Gasteiger partial charge on any atom is -0.491 e. The summed E-state index contributed by atoms with van der Waals surface area (Å²) in [7, 11) is 0. The molecule has 0 aromatic heterocycles. The molecule has 3 heteroatoms. The molecule has 0 spiro atoms.